The van der Waals surface area contributed by atoms with Gasteiger partial charge in [-0.3, -0.25) is 4.79 Å². The number of hydrogen-bond donors (Lipinski definition) is 1. The van der Waals surface area contributed by atoms with Crippen molar-refractivity contribution in [1.29, 1.82) is 0 Å². The molecule has 4 nitrogen and oxygen atoms in total. The van der Waals surface area contributed by atoms with Crippen LogP contribution >= 0.6 is 0 Å². The van der Waals surface area contributed by atoms with Crippen molar-refractivity contribution in [2.75, 3.05) is 13.2 Å². The van der Waals surface area contributed by atoms with Gasteiger partial charge in [0.1, 0.15) is 12.4 Å². The topological polar surface area (TPSA) is 47.6 Å². The highest BCUT2D eigenvalue weighted by atomic mass is 16.5. The van der Waals surface area contributed by atoms with Crippen LogP contribution < -0.4 is 10.1 Å². The van der Waals surface area contributed by atoms with Crippen LogP contribution in [0.3, 0.4) is 0 Å². The molecule has 0 radical (unpaired) electrons. The maximum absolute atomic E-state index is 12.3. The molecule has 3 rings (SSSR count). The fraction of sp³-hybridized carbons (Fsp3) is 0.350. The quantitative estimate of drug-likeness (QED) is 0.884. The highest BCUT2D eigenvalue weighted by Crippen LogP contribution is 2.17. The second-order valence-corrected chi connectivity index (χ2v) is 6.14. The zero-order chi connectivity index (χ0) is 16.8. The van der Waals surface area contributed by atoms with E-state index in [4.69, 9.17) is 9.47 Å². The van der Waals surface area contributed by atoms with Gasteiger partial charge in [0.15, 0.2) is 0 Å². The third-order valence-electron chi connectivity index (χ3n) is 4.13. The fourth-order valence-corrected chi connectivity index (χ4v) is 2.68. The number of carbonyl (C=O) groups excluding carboxylic acids is 1. The van der Waals surface area contributed by atoms with E-state index in [2.05, 4.69) is 5.32 Å². The minimum absolute atomic E-state index is 0.0989. The van der Waals surface area contributed by atoms with E-state index in [0.717, 1.165) is 25.0 Å². The monoisotopic (exact) mass is 325 g/mol. The molecular weight excluding hydrogens is 302 g/mol. The maximum atomic E-state index is 12.3. The van der Waals surface area contributed by atoms with Gasteiger partial charge in [-0.2, -0.15) is 0 Å². The van der Waals surface area contributed by atoms with Gasteiger partial charge in [-0.1, -0.05) is 35.9 Å². The van der Waals surface area contributed by atoms with Crippen LogP contribution in [-0.2, 0) is 11.3 Å². The van der Waals surface area contributed by atoms with Crippen LogP contribution in [0.15, 0.2) is 48.5 Å². The van der Waals surface area contributed by atoms with Crippen molar-refractivity contribution < 1.29 is 14.3 Å². The lowest BCUT2D eigenvalue weighted by molar-refractivity contribution is 0.0679. The van der Waals surface area contributed by atoms with Gasteiger partial charge in [0.05, 0.1) is 6.10 Å². The summed E-state index contributed by atoms with van der Waals surface area (Å²) < 4.78 is 11.3. The molecule has 126 valence electrons. The van der Waals surface area contributed by atoms with E-state index in [9.17, 15) is 4.79 Å². The summed E-state index contributed by atoms with van der Waals surface area (Å²) in [5, 5.41) is 2.94. The number of hydrogen-bond acceptors (Lipinski definition) is 3. The van der Waals surface area contributed by atoms with Gasteiger partial charge in [-0.25, -0.2) is 0 Å². The number of nitrogens with one attached hydrogen (secondary N) is 1. The molecule has 1 unspecified atom stereocenters. The third-order valence-corrected chi connectivity index (χ3v) is 4.13. The summed E-state index contributed by atoms with van der Waals surface area (Å²) in [7, 11) is 0. The van der Waals surface area contributed by atoms with Crippen LogP contribution in [0.5, 0.6) is 5.75 Å². The molecule has 2 aromatic carbocycles. The summed E-state index contributed by atoms with van der Waals surface area (Å²) in [5.74, 6) is 0.603. The average molecular weight is 325 g/mol. The van der Waals surface area contributed by atoms with Crippen molar-refractivity contribution >= 4 is 5.91 Å². The Bertz CT molecular complexity index is 676. The van der Waals surface area contributed by atoms with E-state index in [1.165, 1.54) is 5.56 Å². The van der Waals surface area contributed by atoms with Crippen molar-refractivity contribution in [3.8, 4) is 5.75 Å². The molecule has 1 fully saturated rings. The minimum Gasteiger partial charge on any atom is -0.491 e. The van der Waals surface area contributed by atoms with Crippen LogP contribution in [0.1, 0.15) is 34.3 Å². The van der Waals surface area contributed by atoms with Crippen molar-refractivity contribution in [3.05, 3.63) is 65.2 Å². The van der Waals surface area contributed by atoms with E-state index in [1.807, 2.05) is 43.3 Å². The molecule has 0 aromatic heterocycles. The lowest BCUT2D eigenvalue weighted by Gasteiger charge is -2.12. The van der Waals surface area contributed by atoms with Gasteiger partial charge in [-0.15, -0.1) is 0 Å². The molecular formula is C20H23NO3. The van der Waals surface area contributed by atoms with Crippen LogP contribution in [-0.4, -0.2) is 25.2 Å². The van der Waals surface area contributed by atoms with Gasteiger partial charge in [0, 0.05) is 18.7 Å². The largest absolute Gasteiger partial charge is 0.491 e. The lowest BCUT2D eigenvalue weighted by Crippen LogP contribution is -2.23. The molecule has 0 spiro atoms. The van der Waals surface area contributed by atoms with Gasteiger partial charge < -0.3 is 14.8 Å². The molecule has 1 atom stereocenters. The summed E-state index contributed by atoms with van der Waals surface area (Å²) in [6.07, 6.45) is 2.30. The van der Waals surface area contributed by atoms with Crippen LogP contribution in [0.2, 0.25) is 0 Å². The standard InChI is InChI=1S/C20H23NO3/c1-15-7-9-16(10-8-15)13-21-20(22)17-4-2-5-18(12-17)24-14-19-6-3-11-23-19/h2,4-5,7-10,12,19H,3,6,11,13-14H2,1H3,(H,21,22). The first-order valence-corrected chi connectivity index (χ1v) is 8.39. The number of amides is 1. The molecule has 0 aliphatic carbocycles. The molecule has 0 saturated carbocycles. The van der Waals surface area contributed by atoms with Crippen molar-refractivity contribution in [1.82, 2.24) is 5.32 Å². The molecule has 4 heteroatoms. The summed E-state index contributed by atoms with van der Waals surface area (Å²) in [5.41, 5.74) is 2.90. The Morgan fingerprint density at radius 1 is 1.25 bits per heavy atom. The van der Waals surface area contributed by atoms with E-state index < -0.39 is 0 Å². The van der Waals surface area contributed by atoms with Crippen molar-refractivity contribution in [2.24, 2.45) is 0 Å². The van der Waals surface area contributed by atoms with E-state index in [1.54, 1.807) is 12.1 Å². The first-order chi connectivity index (χ1) is 11.7. The van der Waals surface area contributed by atoms with E-state index in [-0.39, 0.29) is 12.0 Å². The number of benzene rings is 2. The molecule has 1 amide bonds. The smallest absolute Gasteiger partial charge is 0.251 e. The molecule has 2 aromatic rings. The number of carbonyl (C=O) groups is 1. The number of ether oxygens (including phenoxy) is 2. The molecule has 0 bridgehead atoms. The summed E-state index contributed by atoms with van der Waals surface area (Å²) >= 11 is 0. The summed E-state index contributed by atoms with van der Waals surface area (Å²) in [4.78, 5) is 12.3. The highest BCUT2D eigenvalue weighted by molar-refractivity contribution is 5.94. The molecule has 1 heterocycles. The molecule has 1 aliphatic heterocycles. The predicted octanol–water partition coefficient (Wildman–Crippen LogP) is 3.48. The van der Waals surface area contributed by atoms with Gasteiger partial charge >= 0.3 is 0 Å². The summed E-state index contributed by atoms with van der Waals surface area (Å²) in [6.45, 7) is 3.91. The Balaban J connectivity index is 1.54. The van der Waals surface area contributed by atoms with Crippen molar-refractivity contribution in [3.63, 3.8) is 0 Å². The van der Waals surface area contributed by atoms with E-state index in [0.29, 0.717) is 24.5 Å². The average Bonchev–Trinajstić information content (AvgIpc) is 3.13. The Morgan fingerprint density at radius 3 is 2.83 bits per heavy atom. The van der Waals surface area contributed by atoms with E-state index >= 15 is 0 Å². The van der Waals surface area contributed by atoms with Crippen molar-refractivity contribution in [2.45, 2.75) is 32.4 Å². The third kappa shape index (κ3) is 4.59. The predicted molar refractivity (Wildman–Crippen MR) is 93.3 cm³/mol. The Hall–Kier alpha value is -2.33. The van der Waals surface area contributed by atoms with Crippen LogP contribution in [0.25, 0.3) is 0 Å². The zero-order valence-corrected chi connectivity index (χ0v) is 14.0. The van der Waals surface area contributed by atoms with Gasteiger partial charge in [-0.05, 0) is 43.5 Å². The molecule has 1 saturated heterocycles. The Labute approximate surface area is 142 Å². The normalized spacial score (nSPS) is 16.8. The van der Waals surface area contributed by atoms with Crippen LogP contribution in [0, 0.1) is 6.92 Å². The molecule has 1 N–H and O–H groups in total. The number of rotatable bonds is 6. The Kier molecular flexibility index (Phi) is 5.49. The second-order valence-electron chi connectivity index (χ2n) is 6.14. The zero-order valence-electron chi connectivity index (χ0n) is 14.0. The summed E-state index contributed by atoms with van der Waals surface area (Å²) in [6, 6.07) is 15.4. The number of aryl methyl sites for hydroxylation is 1. The fourth-order valence-electron chi connectivity index (χ4n) is 2.68. The second kappa shape index (κ2) is 7.97. The first kappa shape index (κ1) is 16.5. The molecule has 1 aliphatic rings. The highest BCUT2D eigenvalue weighted by Gasteiger charge is 2.16. The van der Waals surface area contributed by atoms with Crippen LogP contribution in [0.4, 0.5) is 0 Å². The lowest BCUT2D eigenvalue weighted by atomic mass is 10.1. The first-order valence-electron chi connectivity index (χ1n) is 8.39. The maximum Gasteiger partial charge on any atom is 0.251 e. The SMILES string of the molecule is Cc1ccc(CNC(=O)c2cccc(OCC3CCCO3)c2)cc1. The molecule has 24 heavy (non-hydrogen) atoms. The van der Waals surface area contributed by atoms with Gasteiger partial charge in [0.25, 0.3) is 5.91 Å². The minimum atomic E-state index is -0.0989. The Morgan fingerprint density at radius 2 is 2.08 bits per heavy atom. The van der Waals surface area contributed by atoms with Gasteiger partial charge in [0.2, 0.25) is 0 Å².